The Hall–Kier alpha value is -1.18. The first-order valence-electron chi connectivity index (χ1n) is 13.3. The molecule has 2 atom stereocenters. The Bertz CT molecular complexity index is 1330. The van der Waals surface area contributed by atoms with E-state index in [4.69, 9.17) is 0 Å². The number of hydrogen-bond donors (Lipinski definition) is 0. The average Bonchev–Trinajstić information content (AvgIpc) is 3.34. The predicted molar refractivity (Wildman–Crippen MR) is 167 cm³/mol. The second-order valence-corrected chi connectivity index (χ2v) is 28.7. The number of fused-ring (bicyclic) bond motifs is 2. The first kappa shape index (κ1) is 30.4. The maximum atomic E-state index is 2.56. The molecule has 0 radical (unpaired) electrons. The molecule has 0 bridgehead atoms. The smallest absolute Gasteiger partial charge is 0.147 e. The van der Waals surface area contributed by atoms with Crippen molar-refractivity contribution in [3.63, 3.8) is 0 Å². The molecule has 0 saturated heterocycles. The van der Waals surface area contributed by atoms with Crippen molar-refractivity contribution in [2.45, 2.75) is 65.8 Å². The van der Waals surface area contributed by atoms with Gasteiger partial charge in [-0.3, -0.25) is 0 Å². The third kappa shape index (κ3) is 5.34. The van der Waals surface area contributed by atoms with Gasteiger partial charge in [0, 0.05) is 0 Å². The molecule has 0 amide bonds. The molecule has 0 aromatic heterocycles. The van der Waals surface area contributed by atoms with Crippen LogP contribution in [0.5, 0.6) is 0 Å². The molecular weight excluding hydrogens is 587 g/mol. The molecule has 5 rings (SSSR count). The number of benzene rings is 3. The van der Waals surface area contributed by atoms with Crippen molar-refractivity contribution < 1.29 is 18.9 Å². The van der Waals surface area contributed by atoms with Gasteiger partial charge in [-0.1, -0.05) is 0 Å². The van der Waals surface area contributed by atoms with Crippen molar-refractivity contribution in [2.24, 2.45) is 0 Å². The fourth-order valence-electron chi connectivity index (χ4n) is 7.21. The molecular formula is C33H41Cl2SiZr. The van der Waals surface area contributed by atoms with Crippen LogP contribution in [0.4, 0.5) is 0 Å². The predicted octanol–water partition coefficient (Wildman–Crippen LogP) is 8.79. The Kier molecular flexibility index (Phi) is 9.78. The quantitative estimate of drug-likeness (QED) is 0.240. The van der Waals surface area contributed by atoms with Crippen LogP contribution < -0.4 is 0 Å². The van der Waals surface area contributed by atoms with E-state index in [1.807, 2.05) is 0 Å². The maximum absolute atomic E-state index is 3.02. The Morgan fingerprint density at radius 2 is 1.11 bits per heavy atom. The van der Waals surface area contributed by atoms with Gasteiger partial charge >= 0.3 is 219 Å². The molecule has 2 aliphatic carbocycles. The minimum absolute atomic E-state index is 0. The molecule has 0 aliphatic heterocycles. The van der Waals surface area contributed by atoms with E-state index in [-0.39, 0.29) is 24.8 Å². The van der Waals surface area contributed by atoms with Crippen molar-refractivity contribution in [1.82, 2.24) is 0 Å². The van der Waals surface area contributed by atoms with E-state index in [0.29, 0.717) is 7.25 Å². The zero-order valence-electron chi connectivity index (χ0n) is 23.2. The van der Waals surface area contributed by atoms with E-state index in [9.17, 15) is 0 Å². The monoisotopic (exact) mass is 625 g/mol. The minimum atomic E-state index is -3.02. The van der Waals surface area contributed by atoms with Crippen LogP contribution in [0.15, 0.2) is 65.7 Å². The minimum Gasteiger partial charge on any atom is -0.147 e. The van der Waals surface area contributed by atoms with Crippen LogP contribution in [0, 0.1) is 13.8 Å². The second-order valence-electron chi connectivity index (χ2n) is 11.1. The molecule has 37 heavy (non-hydrogen) atoms. The summed E-state index contributed by atoms with van der Waals surface area (Å²) in [7, 11) is 0. The van der Waals surface area contributed by atoms with E-state index in [2.05, 4.69) is 115 Å². The summed E-state index contributed by atoms with van der Waals surface area (Å²) >= 11 is -3.02. The zero-order chi connectivity index (χ0) is 24.9. The number of hydrogen-bond acceptors (Lipinski definition) is 0. The van der Waals surface area contributed by atoms with Gasteiger partial charge in [0.1, 0.15) is 0 Å². The fourth-order valence-corrected chi connectivity index (χ4v) is 28.7. The summed E-state index contributed by atoms with van der Waals surface area (Å²) < 4.78 is 2.52. The van der Waals surface area contributed by atoms with E-state index in [1.54, 1.807) is 33.4 Å². The van der Waals surface area contributed by atoms with Gasteiger partial charge in [0.05, 0.1) is 0 Å². The van der Waals surface area contributed by atoms with Crippen molar-refractivity contribution in [3.05, 3.63) is 116 Å². The Morgan fingerprint density at radius 1 is 0.676 bits per heavy atom. The molecule has 2 aliphatic rings. The fraction of sp³-hybridized carbons (Fsp3) is 0.333. The largest absolute Gasteiger partial charge is 0.147 e. The average molecular weight is 628 g/mol. The zero-order valence-corrected chi connectivity index (χ0v) is 28.7. The second kappa shape index (κ2) is 11.9. The number of aryl methyl sites for hydroxylation is 4. The van der Waals surface area contributed by atoms with E-state index in [1.165, 1.54) is 31.9 Å². The Labute approximate surface area is 242 Å². The van der Waals surface area contributed by atoms with Crippen molar-refractivity contribution >= 4 is 43.8 Å². The molecule has 195 valence electrons. The third-order valence-corrected chi connectivity index (χ3v) is 26.8. The molecule has 0 heterocycles. The SMILES string of the molecule is CCc1cc(C)cc2c1C=C(C)[CH]2[Zr](=[SiH2])([CH2]c1ccccc1)[CH]1C(C)=Cc2c(CC)cc(C)cc21.Cl.Cl. The van der Waals surface area contributed by atoms with Crippen LogP contribution in [0.25, 0.3) is 12.2 Å². The van der Waals surface area contributed by atoms with Gasteiger partial charge < -0.3 is 0 Å². The van der Waals surface area contributed by atoms with Gasteiger partial charge in [0.2, 0.25) is 0 Å². The van der Waals surface area contributed by atoms with Gasteiger partial charge in [-0.15, -0.1) is 24.8 Å². The Balaban J connectivity index is 0.00000190. The number of rotatable bonds is 6. The van der Waals surface area contributed by atoms with E-state index in [0.717, 1.165) is 12.8 Å². The summed E-state index contributed by atoms with van der Waals surface area (Å²) in [6.45, 7) is 16.6. The summed E-state index contributed by atoms with van der Waals surface area (Å²) in [6.07, 6.45) is 7.34. The molecule has 0 saturated carbocycles. The first-order chi connectivity index (χ1) is 16.8. The summed E-state index contributed by atoms with van der Waals surface area (Å²) in [5.41, 5.74) is 17.0. The first-order valence-corrected chi connectivity index (χ1v) is 23.8. The topological polar surface area (TPSA) is 0 Å². The molecule has 0 spiro atoms. The van der Waals surface area contributed by atoms with Crippen LogP contribution in [-0.4, -0.2) is 6.88 Å². The van der Waals surface area contributed by atoms with Crippen molar-refractivity contribution in [3.8, 4) is 0 Å². The van der Waals surface area contributed by atoms with E-state index >= 15 is 0 Å². The molecule has 0 fully saturated rings. The van der Waals surface area contributed by atoms with Gasteiger partial charge in [-0.05, 0) is 0 Å². The van der Waals surface area contributed by atoms with Crippen LogP contribution in [0.1, 0.15) is 85.0 Å². The standard InChI is InChI=1S/2C13H15.C7H7.2ClH.H2Si.Zr/c2*1-4-11-5-9(2)6-12-7-10(3)8-13(11)12;1-7-5-3-2-4-6-7;;;;/h2*5-8H,4H2,1-3H3;2-6H,1H2;2*1H;1H2;. The van der Waals surface area contributed by atoms with Gasteiger partial charge in [-0.25, -0.2) is 0 Å². The number of halogens is 2. The normalized spacial score (nSPS) is 19.1. The summed E-state index contributed by atoms with van der Waals surface area (Å²) in [5.74, 6) is 0. The van der Waals surface area contributed by atoms with Crippen LogP contribution in [0.3, 0.4) is 0 Å². The molecule has 3 aromatic rings. The summed E-state index contributed by atoms with van der Waals surface area (Å²) in [4.78, 5) is 0. The molecule has 4 heteroatoms. The van der Waals surface area contributed by atoms with Crippen molar-refractivity contribution in [2.75, 3.05) is 0 Å². The van der Waals surface area contributed by atoms with Gasteiger partial charge in [0.15, 0.2) is 0 Å². The van der Waals surface area contributed by atoms with Crippen LogP contribution in [0.2, 0.25) is 0 Å². The Morgan fingerprint density at radius 3 is 1.51 bits per heavy atom. The van der Waals surface area contributed by atoms with Crippen molar-refractivity contribution in [1.29, 1.82) is 0 Å². The third-order valence-electron chi connectivity index (χ3n) is 8.45. The molecule has 3 aromatic carbocycles. The van der Waals surface area contributed by atoms with Gasteiger partial charge in [-0.2, -0.15) is 0 Å². The molecule has 0 N–H and O–H groups in total. The molecule has 0 nitrogen and oxygen atoms in total. The molecule has 2 unspecified atom stereocenters. The van der Waals surface area contributed by atoms with Crippen LogP contribution >= 0.6 is 24.8 Å². The van der Waals surface area contributed by atoms with Gasteiger partial charge in [0.25, 0.3) is 0 Å². The maximum Gasteiger partial charge on any atom is -0.147 e. The summed E-state index contributed by atoms with van der Waals surface area (Å²) in [6, 6.07) is 21.3. The number of allylic oxidation sites excluding steroid dienone is 2. The summed E-state index contributed by atoms with van der Waals surface area (Å²) in [5, 5.41) is 0. The van der Waals surface area contributed by atoms with E-state index < -0.39 is 18.9 Å². The van der Waals surface area contributed by atoms with Crippen LogP contribution in [-0.2, 0) is 35.9 Å².